The van der Waals surface area contributed by atoms with Crippen molar-refractivity contribution in [1.82, 2.24) is 15.2 Å². The summed E-state index contributed by atoms with van der Waals surface area (Å²) in [6.45, 7) is 4.88. The number of thiocarbonyl (C=S) groups is 1. The van der Waals surface area contributed by atoms with Gasteiger partial charge in [0.25, 0.3) is 0 Å². The van der Waals surface area contributed by atoms with Crippen molar-refractivity contribution in [3.8, 4) is 0 Å². The number of fused-ring (bicyclic) bond motifs is 1. The zero-order chi connectivity index (χ0) is 28.4. The van der Waals surface area contributed by atoms with Crippen LogP contribution in [0.4, 0.5) is 32.0 Å². The van der Waals surface area contributed by atoms with Crippen LogP contribution >= 0.6 is 12.2 Å². The Bertz CT molecular complexity index is 1450. The van der Waals surface area contributed by atoms with Crippen molar-refractivity contribution in [1.29, 1.82) is 0 Å². The molecule has 3 unspecified atom stereocenters. The van der Waals surface area contributed by atoms with Crippen molar-refractivity contribution in [2.45, 2.75) is 49.2 Å². The van der Waals surface area contributed by atoms with Crippen molar-refractivity contribution in [3.63, 3.8) is 0 Å². The number of hydrogen-bond donors (Lipinski definition) is 2. The first-order valence-electron chi connectivity index (χ1n) is 13.0. The monoisotopic (exact) mass is 576 g/mol. The van der Waals surface area contributed by atoms with Gasteiger partial charge in [-0.25, -0.2) is 0 Å². The van der Waals surface area contributed by atoms with Crippen LogP contribution in [-0.4, -0.2) is 33.1 Å². The minimum absolute atomic E-state index is 0.0357. The maximum absolute atomic E-state index is 13.4. The zero-order valence-corrected chi connectivity index (χ0v) is 22.0. The molecule has 1 aromatic heterocycles. The molecule has 1 spiro atoms. The lowest BCUT2D eigenvalue weighted by Crippen LogP contribution is -2.73. The van der Waals surface area contributed by atoms with Crippen molar-refractivity contribution >= 4 is 33.9 Å². The predicted octanol–water partition coefficient (Wildman–Crippen LogP) is 7.34. The first-order chi connectivity index (χ1) is 18.9. The SMILES string of the molecule is C=C[C@H]1CC23CC([C@@H](NC(=S)Nc4cc(C(F)(F)F)cc(C(F)(F)F)c4)c4ccnc5ccccc45)N2CCC13. The highest BCUT2D eigenvalue weighted by molar-refractivity contribution is 7.80. The van der Waals surface area contributed by atoms with Gasteiger partial charge in [-0.2, -0.15) is 26.3 Å². The molecule has 4 nitrogen and oxygen atoms in total. The number of aromatic nitrogens is 1. The summed E-state index contributed by atoms with van der Waals surface area (Å²) in [5.74, 6) is 1.04. The average Bonchev–Trinajstić information content (AvgIpc) is 3.08. The number of anilines is 1. The van der Waals surface area contributed by atoms with E-state index in [2.05, 4.69) is 27.1 Å². The summed E-state index contributed by atoms with van der Waals surface area (Å²) in [5, 5.41) is 6.69. The molecule has 5 atom stereocenters. The Morgan fingerprint density at radius 1 is 1.05 bits per heavy atom. The molecular weight excluding hydrogens is 550 g/mol. The van der Waals surface area contributed by atoms with Gasteiger partial charge in [-0.3, -0.25) is 9.88 Å². The van der Waals surface area contributed by atoms with Crippen LogP contribution < -0.4 is 10.6 Å². The van der Waals surface area contributed by atoms with Crippen LogP contribution in [0.5, 0.6) is 0 Å². The number of halogens is 6. The Morgan fingerprint density at radius 2 is 1.75 bits per heavy atom. The summed E-state index contributed by atoms with van der Waals surface area (Å²) in [5.41, 5.74) is -1.40. The zero-order valence-electron chi connectivity index (χ0n) is 21.2. The minimum Gasteiger partial charge on any atom is -0.354 e. The van der Waals surface area contributed by atoms with Crippen LogP contribution in [0.1, 0.15) is 42.0 Å². The topological polar surface area (TPSA) is 40.2 Å². The fourth-order valence-corrected chi connectivity index (χ4v) is 7.36. The highest BCUT2D eigenvalue weighted by atomic mass is 32.1. The molecule has 210 valence electrons. The van der Waals surface area contributed by atoms with E-state index in [1.165, 1.54) is 0 Å². The van der Waals surface area contributed by atoms with E-state index in [9.17, 15) is 26.3 Å². The summed E-state index contributed by atoms with van der Waals surface area (Å²) >= 11 is 5.49. The van der Waals surface area contributed by atoms with Crippen LogP contribution in [-0.2, 0) is 12.4 Å². The van der Waals surface area contributed by atoms with Crippen LogP contribution in [0.15, 0.2) is 67.4 Å². The highest BCUT2D eigenvalue weighted by Gasteiger charge is 2.68. The molecule has 3 aliphatic rings. The number of rotatable bonds is 5. The van der Waals surface area contributed by atoms with Gasteiger partial charge in [0.15, 0.2) is 5.11 Å². The van der Waals surface area contributed by atoms with E-state index < -0.39 is 29.2 Å². The smallest absolute Gasteiger partial charge is 0.354 e. The van der Waals surface area contributed by atoms with Crippen molar-refractivity contribution in [2.24, 2.45) is 11.8 Å². The first kappa shape index (κ1) is 27.0. The molecule has 0 bridgehead atoms. The third-order valence-electron chi connectivity index (χ3n) is 8.85. The van der Waals surface area contributed by atoms with Crippen LogP contribution in [0.25, 0.3) is 10.9 Å². The van der Waals surface area contributed by atoms with E-state index in [4.69, 9.17) is 12.2 Å². The van der Waals surface area contributed by atoms with E-state index >= 15 is 0 Å². The van der Waals surface area contributed by atoms with Crippen LogP contribution in [0.3, 0.4) is 0 Å². The van der Waals surface area contributed by atoms with E-state index in [0.717, 1.165) is 42.3 Å². The van der Waals surface area contributed by atoms with E-state index in [0.29, 0.717) is 24.0 Å². The van der Waals surface area contributed by atoms with E-state index in [1.54, 1.807) is 6.20 Å². The number of alkyl halides is 6. The normalized spacial score (nSPS) is 26.7. The lowest BCUT2D eigenvalue weighted by Gasteiger charge is -2.66. The third kappa shape index (κ3) is 4.43. The maximum Gasteiger partial charge on any atom is 0.416 e. The molecule has 2 aromatic carbocycles. The lowest BCUT2D eigenvalue weighted by atomic mass is 9.53. The molecule has 3 aromatic rings. The molecule has 2 aliphatic heterocycles. The van der Waals surface area contributed by atoms with Crippen molar-refractivity contribution < 1.29 is 26.3 Å². The number of benzene rings is 2. The highest BCUT2D eigenvalue weighted by Crippen LogP contribution is 2.64. The predicted molar refractivity (Wildman–Crippen MR) is 145 cm³/mol. The van der Waals surface area contributed by atoms with Gasteiger partial charge in [0.2, 0.25) is 0 Å². The lowest BCUT2D eigenvalue weighted by molar-refractivity contribution is -0.143. The van der Waals surface area contributed by atoms with Gasteiger partial charge in [-0.1, -0.05) is 24.3 Å². The maximum atomic E-state index is 13.4. The van der Waals surface area contributed by atoms with Gasteiger partial charge in [-0.15, -0.1) is 6.58 Å². The number of nitrogens with one attached hydrogen (secondary N) is 2. The van der Waals surface area contributed by atoms with Crippen molar-refractivity contribution in [2.75, 3.05) is 11.9 Å². The summed E-state index contributed by atoms with van der Waals surface area (Å²) in [4.78, 5) is 6.94. The number of pyridine rings is 1. The molecular formula is C29H26F6N4S. The summed E-state index contributed by atoms with van der Waals surface area (Å²) in [6.07, 6.45) is -3.18. The second kappa shape index (κ2) is 9.44. The molecule has 3 fully saturated rings. The Morgan fingerprint density at radius 3 is 2.42 bits per heavy atom. The molecule has 1 saturated carbocycles. The fourth-order valence-electron chi connectivity index (χ4n) is 7.11. The average molecular weight is 577 g/mol. The van der Waals surface area contributed by atoms with E-state index in [1.807, 2.05) is 36.4 Å². The molecule has 0 amide bonds. The number of hydrogen-bond acceptors (Lipinski definition) is 3. The Hall–Kier alpha value is -3.18. The molecule has 2 N–H and O–H groups in total. The number of nitrogens with zero attached hydrogens (tertiary/aromatic N) is 2. The van der Waals surface area contributed by atoms with Gasteiger partial charge in [-0.05, 0) is 85.8 Å². The quantitative estimate of drug-likeness (QED) is 0.189. The molecule has 0 radical (unpaired) electrons. The molecule has 11 heteroatoms. The summed E-state index contributed by atoms with van der Waals surface area (Å²) in [6, 6.07) is 10.5. The van der Waals surface area contributed by atoms with Gasteiger partial charge >= 0.3 is 12.4 Å². The fraction of sp³-hybridized carbons (Fsp3) is 0.379. The van der Waals surface area contributed by atoms with Gasteiger partial charge in [0.1, 0.15) is 0 Å². The first-order valence-corrected chi connectivity index (χ1v) is 13.4. The summed E-state index contributed by atoms with van der Waals surface area (Å²) < 4.78 is 80.4. The molecule has 2 saturated heterocycles. The Kier molecular flexibility index (Phi) is 6.38. The minimum atomic E-state index is -4.95. The van der Waals surface area contributed by atoms with Crippen LogP contribution in [0.2, 0.25) is 0 Å². The molecule has 1 aliphatic carbocycles. The Labute approximate surface area is 232 Å². The van der Waals surface area contributed by atoms with E-state index in [-0.39, 0.29) is 28.8 Å². The second-order valence-corrected chi connectivity index (χ2v) is 11.3. The number of allylic oxidation sites excluding steroid dienone is 1. The van der Waals surface area contributed by atoms with Crippen LogP contribution in [0, 0.1) is 11.8 Å². The molecule has 40 heavy (non-hydrogen) atoms. The summed E-state index contributed by atoms with van der Waals surface area (Å²) in [7, 11) is 0. The second-order valence-electron chi connectivity index (χ2n) is 10.9. The van der Waals surface area contributed by atoms with Crippen molar-refractivity contribution in [3.05, 3.63) is 84.1 Å². The standard InChI is InChI=1S/C29H26F6N4S/c1-2-16-14-27-15-24(39(27)10-8-22(16)27)25(21-7-9-36-23-6-4-3-5-20(21)23)38-26(40)37-19-12-17(28(30,31)32)11-18(13-19)29(33,34)35/h2-7,9,11-13,16,22,24-25H,1,8,10,14-15H2,(H2,37,38,40)/t16-,22?,24?,25-,27?/m0/s1. The van der Waals surface area contributed by atoms with Gasteiger partial charge in [0, 0.05) is 28.9 Å². The molecule has 6 rings (SSSR count). The molecule has 3 heterocycles. The van der Waals surface area contributed by atoms with Gasteiger partial charge < -0.3 is 10.6 Å². The largest absolute Gasteiger partial charge is 0.416 e. The third-order valence-corrected chi connectivity index (χ3v) is 9.07. The Balaban J connectivity index is 1.31. The van der Waals surface area contributed by atoms with Gasteiger partial charge in [0.05, 0.1) is 22.7 Å². The number of para-hydroxylation sites is 1.